The molecule has 0 saturated heterocycles. The Bertz CT molecular complexity index is 470. The van der Waals surface area contributed by atoms with E-state index in [4.69, 9.17) is 15.4 Å². The first-order chi connectivity index (χ1) is 6.95. The average Bonchev–Trinajstić information content (AvgIpc) is 2.14. The highest BCUT2D eigenvalue weighted by molar-refractivity contribution is 8.13. The van der Waals surface area contributed by atoms with E-state index < -0.39 is 14.9 Å². The van der Waals surface area contributed by atoms with Crippen LogP contribution in [0, 0.1) is 5.82 Å². The van der Waals surface area contributed by atoms with Gasteiger partial charge in [0.25, 0.3) is 9.05 Å². The molecule has 0 amide bonds. The van der Waals surface area contributed by atoms with Gasteiger partial charge in [-0.2, -0.15) is 0 Å². The van der Waals surface area contributed by atoms with Gasteiger partial charge < -0.3 is 4.74 Å². The fourth-order valence-corrected chi connectivity index (χ4v) is 1.92. The molecule has 0 unspecified atom stereocenters. The van der Waals surface area contributed by atoms with Gasteiger partial charge >= 0.3 is 0 Å². The van der Waals surface area contributed by atoms with Crippen molar-refractivity contribution >= 4 is 19.7 Å². The highest BCUT2D eigenvalue weighted by Crippen LogP contribution is 2.27. The summed E-state index contributed by atoms with van der Waals surface area (Å²) >= 11 is 0. The predicted molar refractivity (Wildman–Crippen MR) is 55.1 cm³/mol. The zero-order chi connectivity index (χ0) is 11.5. The molecule has 0 aliphatic rings. The third-order valence-electron chi connectivity index (χ3n) is 1.53. The molecule has 0 aliphatic heterocycles. The monoisotopic (exact) mass is 250 g/mol. The van der Waals surface area contributed by atoms with Crippen LogP contribution >= 0.6 is 10.7 Å². The maximum absolute atomic E-state index is 12.8. The summed E-state index contributed by atoms with van der Waals surface area (Å²) in [4.78, 5) is -0.383. The minimum atomic E-state index is -4.01. The van der Waals surface area contributed by atoms with Gasteiger partial charge in [-0.15, -0.1) is 0 Å². The maximum atomic E-state index is 12.8. The average molecular weight is 251 g/mol. The van der Waals surface area contributed by atoms with E-state index in [1.807, 2.05) is 0 Å². The van der Waals surface area contributed by atoms with Gasteiger partial charge in [0.05, 0.1) is 0 Å². The second-order valence-corrected chi connectivity index (χ2v) is 5.16. The molecule has 6 heteroatoms. The van der Waals surface area contributed by atoms with E-state index >= 15 is 0 Å². The lowest BCUT2D eigenvalue weighted by atomic mass is 10.3. The first-order valence-corrected chi connectivity index (χ1v) is 6.24. The van der Waals surface area contributed by atoms with E-state index in [0.29, 0.717) is 0 Å². The van der Waals surface area contributed by atoms with Crippen LogP contribution in [-0.2, 0) is 9.05 Å². The molecule has 0 fully saturated rings. The number of rotatable bonds is 4. The van der Waals surface area contributed by atoms with E-state index in [-0.39, 0.29) is 17.3 Å². The largest absolute Gasteiger partial charge is 0.488 e. The Kier molecular flexibility index (Phi) is 3.71. The van der Waals surface area contributed by atoms with E-state index in [1.165, 1.54) is 12.1 Å². The van der Waals surface area contributed by atoms with Crippen molar-refractivity contribution in [1.29, 1.82) is 0 Å². The fraction of sp³-hybridized carbons (Fsp3) is 0.111. The first kappa shape index (κ1) is 12.0. The van der Waals surface area contributed by atoms with Crippen LogP contribution in [0.3, 0.4) is 0 Å². The van der Waals surface area contributed by atoms with Crippen molar-refractivity contribution in [3.05, 3.63) is 36.7 Å². The molecule has 0 radical (unpaired) electrons. The second-order valence-electron chi connectivity index (χ2n) is 2.63. The van der Waals surface area contributed by atoms with Crippen LogP contribution in [0.25, 0.3) is 0 Å². The Hall–Kier alpha value is -1.07. The van der Waals surface area contributed by atoms with Gasteiger partial charge in [-0.05, 0) is 18.2 Å². The number of hydrogen-bond donors (Lipinski definition) is 0. The molecule has 0 spiro atoms. The number of halogens is 2. The molecule has 15 heavy (non-hydrogen) atoms. The summed E-state index contributed by atoms with van der Waals surface area (Å²) in [5.74, 6) is -0.688. The van der Waals surface area contributed by atoms with E-state index in [1.54, 1.807) is 0 Å². The van der Waals surface area contributed by atoms with Crippen LogP contribution in [0.2, 0.25) is 0 Å². The van der Waals surface area contributed by atoms with Crippen molar-refractivity contribution in [1.82, 2.24) is 0 Å². The van der Waals surface area contributed by atoms with Crippen molar-refractivity contribution in [3.63, 3.8) is 0 Å². The van der Waals surface area contributed by atoms with Crippen molar-refractivity contribution in [2.24, 2.45) is 0 Å². The number of hydrogen-bond acceptors (Lipinski definition) is 3. The van der Waals surface area contributed by atoms with Crippen LogP contribution in [0.15, 0.2) is 35.7 Å². The summed E-state index contributed by atoms with van der Waals surface area (Å²) in [6.45, 7) is 3.52. The quantitative estimate of drug-likeness (QED) is 0.608. The Morgan fingerprint density at radius 3 is 2.73 bits per heavy atom. The van der Waals surface area contributed by atoms with Crippen LogP contribution < -0.4 is 4.74 Å². The lowest BCUT2D eigenvalue weighted by molar-refractivity contribution is 0.352. The molecule has 0 N–H and O–H groups in total. The van der Waals surface area contributed by atoms with Crippen LogP contribution in [0.1, 0.15) is 0 Å². The van der Waals surface area contributed by atoms with Gasteiger partial charge in [0.15, 0.2) is 0 Å². The lowest BCUT2D eigenvalue weighted by Gasteiger charge is -2.07. The smallest absolute Gasteiger partial charge is 0.265 e. The zero-order valence-corrected chi connectivity index (χ0v) is 9.18. The van der Waals surface area contributed by atoms with Crippen LogP contribution in [0.5, 0.6) is 5.75 Å². The lowest BCUT2D eigenvalue weighted by Crippen LogP contribution is -2.00. The van der Waals surface area contributed by atoms with Crippen LogP contribution in [-0.4, -0.2) is 15.0 Å². The van der Waals surface area contributed by atoms with Gasteiger partial charge in [0.2, 0.25) is 0 Å². The minimum Gasteiger partial charge on any atom is -0.488 e. The molecule has 0 aliphatic carbocycles. The highest BCUT2D eigenvalue weighted by atomic mass is 35.7. The van der Waals surface area contributed by atoms with Gasteiger partial charge in [-0.3, -0.25) is 0 Å². The molecule has 1 aromatic rings. The molecular weight excluding hydrogens is 243 g/mol. The molecule has 0 aromatic heterocycles. The molecule has 82 valence electrons. The molecule has 0 saturated carbocycles. The molecule has 1 aromatic carbocycles. The Morgan fingerprint density at radius 2 is 2.20 bits per heavy atom. The summed E-state index contributed by atoms with van der Waals surface area (Å²) in [5, 5.41) is 0. The highest BCUT2D eigenvalue weighted by Gasteiger charge is 2.17. The Balaban J connectivity index is 3.21. The minimum absolute atomic E-state index is 0.00583. The third kappa shape index (κ3) is 3.21. The zero-order valence-electron chi connectivity index (χ0n) is 7.61. The summed E-state index contributed by atoms with van der Waals surface area (Å²) in [7, 11) is 1.10. The number of ether oxygens (including phenoxy) is 1. The Morgan fingerprint density at radius 1 is 1.53 bits per heavy atom. The molecule has 0 atom stereocenters. The van der Waals surface area contributed by atoms with Gasteiger partial charge in [0.1, 0.15) is 23.1 Å². The Labute approximate surface area is 91.5 Å². The summed E-state index contributed by atoms with van der Waals surface area (Å²) in [5.41, 5.74) is 0. The van der Waals surface area contributed by atoms with Crippen molar-refractivity contribution < 1.29 is 17.5 Å². The fourth-order valence-electron chi connectivity index (χ4n) is 0.940. The standard InChI is InChI=1S/C9H8ClFO3S/c1-2-5-14-8-4-3-7(11)6-9(8)15(10,12)13/h2-4,6H,1,5H2. The summed E-state index contributed by atoms with van der Waals surface area (Å²) < 4.78 is 39.9. The molecule has 0 bridgehead atoms. The van der Waals surface area contributed by atoms with Crippen molar-refractivity contribution in [2.45, 2.75) is 4.90 Å². The SMILES string of the molecule is C=CCOc1ccc(F)cc1S(=O)(=O)Cl. The molecule has 3 nitrogen and oxygen atoms in total. The van der Waals surface area contributed by atoms with Gasteiger partial charge in [-0.1, -0.05) is 12.7 Å². The van der Waals surface area contributed by atoms with E-state index in [0.717, 1.165) is 12.1 Å². The van der Waals surface area contributed by atoms with Gasteiger partial charge in [-0.25, -0.2) is 12.8 Å². The van der Waals surface area contributed by atoms with Crippen molar-refractivity contribution in [3.8, 4) is 5.75 Å². The summed E-state index contributed by atoms with van der Waals surface area (Å²) in [6, 6.07) is 3.10. The maximum Gasteiger partial charge on any atom is 0.265 e. The topological polar surface area (TPSA) is 43.4 Å². The van der Waals surface area contributed by atoms with E-state index in [9.17, 15) is 12.8 Å². The molecule has 1 rings (SSSR count). The molecule has 0 heterocycles. The van der Waals surface area contributed by atoms with E-state index in [2.05, 4.69) is 6.58 Å². The summed E-state index contributed by atoms with van der Waals surface area (Å²) in [6.07, 6.45) is 1.44. The second kappa shape index (κ2) is 4.63. The predicted octanol–water partition coefficient (Wildman–Crippen LogP) is 2.32. The van der Waals surface area contributed by atoms with Crippen LogP contribution in [0.4, 0.5) is 4.39 Å². The van der Waals surface area contributed by atoms with Crippen molar-refractivity contribution in [2.75, 3.05) is 6.61 Å². The first-order valence-electron chi connectivity index (χ1n) is 3.93. The number of benzene rings is 1. The van der Waals surface area contributed by atoms with Gasteiger partial charge in [0, 0.05) is 10.7 Å². The normalized spacial score (nSPS) is 11.1. The molecular formula is C9H8ClFO3S. The third-order valence-corrected chi connectivity index (χ3v) is 2.87.